The van der Waals surface area contributed by atoms with Gasteiger partial charge in [0.2, 0.25) is 0 Å². The van der Waals surface area contributed by atoms with Crippen LogP contribution in [0.4, 0.5) is 0 Å². The van der Waals surface area contributed by atoms with E-state index >= 15 is 0 Å². The van der Waals surface area contributed by atoms with Gasteiger partial charge in [0.1, 0.15) is 0 Å². The molecule has 2 nitrogen and oxygen atoms in total. The van der Waals surface area contributed by atoms with Gasteiger partial charge in [-0.3, -0.25) is 4.90 Å². The molecular weight excluding hydrogens is 400 g/mol. The highest BCUT2D eigenvalue weighted by Crippen LogP contribution is 2.42. The highest BCUT2D eigenvalue weighted by molar-refractivity contribution is 9.13. The number of halogens is 2. The summed E-state index contributed by atoms with van der Waals surface area (Å²) in [6.07, 6.45) is 5.26. The van der Waals surface area contributed by atoms with E-state index < -0.39 is 0 Å². The lowest BCUT2D eigenvalue weighted by Gasteiger charge is -2.34. The van der Waals surface area contributed by atoms with Gasteiger partial charge in [0.05, 0.1) is 3.79 Å². The molecule has 0 saturated carbocycles. The Bertz CT molecular complexity index is 387. The maximum atomic E-state index is 3.66. The average molecular weight is 424 g/mol. The van der Waals surface area contributed by atoms with E-state index in [-0.39, 0.29) is 0 Å². The number of nitrogens with zero attached hydrogens (tertiary/aromatic N) is 1. The Hall–Kier alpha value is 0.580. The van der Waals surface area contributed by atoms with Crippen LogP contribution in [0.15, 0.2) is 14.3 Å². The molecule has 1 N–H and O–H groups in total. The van der Waals surface area contributed by atoms with Crippen molar-refractivity contribution in [1.82, 2.24) is 10.2 Å². The van der Waals surface area contributed by atoms with Gasteiger partial charge in [0.15, 0.2) is 0 Å². The molecule has 1 aromatic heterocycles. The topological polar surface area (TPSA) is 15.3 Å². The van der Waals surface area contributed by atoms with E-state index in [4.69, 9.17) is 0 Å². The summed E-state index contributed by atoms with van der Waals surface area (Å²) in [5, 5.41) is 3.40. The standard InChI is InChI=1S/C15H24Br2N2S/c1-3-7-19-8-5-4-6-11(10-18-2)14(19)13-9-12(16)15(17)20-13/h9,11,14,18H,3-8,10H2,1-2H3. The molecule has 2 rings (SSSR count). The summed E-state index contributed by atoms with van der Waals surface area (Å²) in [6.45, 7) is 5.84. The van der Waals surface area contributed by atoms with Crippen molar-refractivity contribution < 1.29 is 0 Å². The molecule has 0 aromatic carbocycles. The normalized spacial score (nSPS) is 24.8. The van der Waals surface area contributed by atoms with Crippen molar-refractivity contribution in [3.8, 4) is 0 Å². The van der Waals surface area contributed by atoms with Crippen LogP contribution in [0.2, 0.25) is 0 Å². The van der Waals surface area contributed by atoms with Crippen LogP contribution in [-0.4, -0.2) is 31.6 Å². The predicted octanol–water partition coefficient (Wildman–Crippen LogP) is 5.05. The van der Waals surface area contributed by atoms with E-state index in [9.17, 15) is 0 Å². The van der Waals surface area contributed by atoms with E-state index in [1.165, 1.54) is 51.9 Å². The van der Waals surface area contributed by atoms with Crippen molar-refractivity contribution >= 4 is 43.2 Å². The van der Waals surface area contributed by atoms with Gasteiger partial charge >= 0.3 is 0 Å². The van der Waals surface area contributed by atoms with Crippen LogP contribution in [0.3, 0.4) is 0 Å². The van der Waals surface area contributed by atoms with E-state index in [1.54, 1.807) is 0 Å². The van der Waals surface area contributed by atoms with Crippen molar-refractivity contribution in [3.63, 3.8) is 0 Å². The lowest BCUT2D eigenvalue weighted by Crippen LogP contribution is -2.36. The van der Waals surface area contributed by atoms with Crippen LogP contribution < -0.4 is 5.32 Å². The van der Waals surface area contributed by atoms with E-state index in [0.29, 0.717) is 12.0 Å². The second kappa shape index (κ2) is 8.28. The van der Waals surface area contributed by atoms with Crippen LogP contribution >= 0.6 is 43.2 Å². The summed E-state index contributed by atoms with van der Waals surface area (Å²) < 4.78 is 2.41. The molecule has 1 aromatic rings. The van der Waals surface area contributed by atoms with Gasteiger partial charge in [-0.05, 0) is 89.8 Å². The Balaban J connectivity index is 2.30. The number of rotatable bonds is 5. The summed E-state index contributed by atoms with van der Waals surface area (Å²) in [5.74, 6) is 0.714. The average Bonchev–Trinajstić information content (AvgIpc) is 2.62. The zero-order chi connectivity index (χ0) is 14.5. The fraction of sp³-hybridized carbons (Fsp3) is 0.733. The first kappa shape index (κ1) is 16.9. The van der Waals surface area contributed by atoms with E-state index in [0.717, 1.165) is 6.54 Å². The van der Waals surface area contributed by atoms with Crippen molar-refractivity contribution in [3.05, 3.63) is 19.2 Å². The smallest absolute Gasteiger partial charge is 0.0843 e. The van der Waals surface area contributed by atoms with E-state index in [1.807, 2.05) is 11.3 Å². The first-order valence-corrected chi connectivity index (χ1v) is 9.91. The number of nitrogens with one attached hydrogen (secondary N) is 1. The number of thiophene rings is 1. The monoisotopic (exact) mass is 422 g/mol. The summed E-state index contributed by atoms with van der Waals surface area (Å²) in [7, 11) is 2.08. The molecule has 5 heteroatoms. The SMILES string of the molecule is CCCN1CCCCC(CNC)C1c1cc(Br)c(Br)s1. The van der Waals surface area contributed by atoms with Crippen molar-refractivity contribution in [1.29, 1.82) is 0 Å². The van der Waals surface area contributed by atoms with Gasteiger partial charge in [-0.15, -0.1) is 11.3 Å². The zero-order valence-electron chi connectivity index (χ0n) is 12.3. The molecule has 114 valence electrons. The largest absolute Gasteiger partial charge is 0.319 e. The molecular formula is C15H24Br2N2S. The fourth-order valence-corrected chi connectivity index (χ4v) is 5.57. The number of hydrogen-bond acceptors (Lipinski definition) is 3. The molecule has 0 bridgehead atoms. The van der Waals surface area contributed by atoms with E-state index in [2.05, 4.69) is 62.1 Å². The Morgan fingerprint density at radius 3 is 2.80 bits per heavy atom. The minimum atomic E-state index is 0.567. The minimum Gasteiger partial charge on any atom is -0.319 e. The molecule has 2 unspecified atom stereocenters. The van der Waals surface area contributed by atoms with Crippen LogP contribution in [0.5, 0.6) is 0 Å². The number of hydrogen-bond donors (Lipinski definition) is 1. The van der Waals surface area contributed by atoms with Crippen LogP contribution in [-0.2, 0) is 0 Å². The second-order valence-electron chi connectivity index (χ2n) is 5.56. The summed E-state index contributed by atoms with van der Waals surface area (Å²) in [5.41, 5.74) is 0. The Morgan fingerprint density at radius 1 is 1.40 bits per heavy atom. The first-order chi connectivity index (χ1) is 9.67. The quantitative estimate of drug-likeness (QED) is 0.712. The lowest BCUT2D eigenvalue weighted by atomic mass is 9.93. The van der Waals surface area contributed by atoms with Crippen molar-refractivity contribution in [2.75, 3.05) is 26.7 Å². The zero-order valence-corrected chi connectivity index (χ0v) is 16.3. The van der Waals surface area contributed by atoms with Crippen molar-refractivity contribution in [2.24, 2.45) is 5.92 Å². The van der Waals surface area contributed by atoms with Gasteiger partial charge in [-0.25, -0.2) is 0 Å². The highest BCUT2D eigenvalue weighted by atomic mass is 79.9. The van der Waals surface area contributed by atoms with Crippen LogP contribution in [0.1, 0.15) is 43.5 Å². The second-order valence-corrected chi connectivity index (χ2v) is 8.82. The predicted molar refractivity (Wildman–Crippen MR) is 95.6 cm³/mol. The third kappa shape index (κ3) is 4.07. The fourth-order valence-electron chi connectivity index (χ4n) is 3.25. The summed E-state index contributed by atoms with van der Waals surface area (Å²) in [4.78, 5) is 4.21. The van der Waals surface area contributed by atoms with Crippen molar-refractivity contribution in [2.45, 2.75) is 38.6 Å². The molecule has 2 atom stereocenters. The first-order valence-electron chi connectivity index (χ1n) is 7.50. The minimum absolute atomic E-state index is 0.567. The third-order valence-corrected chi connectivity index (χ3v) is 7.37. The Labute approximate surface area is 143 Å². The molecule has 2 heterocycles. The molecule has 20 heavy (non-hydrogen) atoms. The Kier molecular flexibility index (Phi) is 7.01. The molecule has 1 aliphatic heterocycles. The van der Waals surface area contributed by atoms with Gasteiger partial charge < -0.3 is 5.32 Å². The van der Waals surface area contributed by atoms with Gasteiger partial charge in [0, 0.05) is 15.4 Å². The molecule has 0 amide bonds. The van der Waals surface area contributed by atoms with Crippen LogP contribution in [0, 0.1) is 5.92 Å². The molecule has 1 aliphatic rings. The lowest BCUT2D eigenvalue weighted by molar-refractivity contribution is 0.157. The van der Waals surface area contributed by atoms with Gasteiger partial charge in [-0.1, -0.05) is 13.3 Å². The summed E-state index contributed by atoms with van der Waals surface area (Å²) >= 11 is 9.20. The van der Waals surface area contributed by atoms with Gasteiger partial charge in [0.25, 0.3) is 0 Å². The number of likely N-dealkylation sites (tertiary alicyclic amines) is 1. The molecule has 1 saturated heterocycles. The van der Waals surface area contributed by atoms with Gasteiger partial charge in [-0.2, -0.15) is 0 Å². The Morgan fingerprint density at radius 2 is 2.20 bits per heavy atom. The van der Waals surface area contributed by atoms with Crippen LogP contribution in [0.25, 0.3) is 0 Å². The molecule has 0 radical (unpaired) electrons. The molecule has 1 fully saturated rings. The maximum absolute atomic E-state index is 3.66. The maximum Gasteiger partial charge on any atom is 0.0843 e. The summed E-state index contributed by atoms with van der Waals surface area (Å²) in [6, 6.07) is 2.88. The highest BCUT2D eigenvalue weighted by Gasteiger charge is 2.31. The molecule has 0 aliphatic carbocycles. The molecule has 0 spiro atoms. The third-order valence-electron chi connectivity index (χ3n) is 4.04.